The van der Waals surface area contributed by atoms with Gasteiger partial charge in [-0.05, 0) is 37.8 Å². The highest BCUT2D eigenvalue weighted by Gasteiger charge is 2.35. The van der Waals surface area contributed by atoms with Gasteiger partial charge in [0.05, 0.1) is 5.56 Å². The van der Waals surface area contributed by atoms with Crippen molar-refractivity contribution < 1.29 is 22.7 Å². The van der Waals surface area contributed by atoms with Crippen LogP contribution in [0.5, 0.6) is 0 Å². The van der Waals surface area contributed by atoms with Gasteiger partial charge in [0, 0.05) is 63.6 Å². The number of anilines is 1. The van der Waals surface area contributed by atoms with Gasteiger partial charge in [-0.3, -0.25) is 4.79 Å². The van der Waals surface area contributed by atoms with E-state index in [-0.39, 0.29) is 11.6 Å². The largest absolute Gasteiger partial charge is 0.418 e. The number of nitrogens with zero attached hydrogens (tertiary/aromatic N) is 2. The van der Waals surface area contributed by atoms with Crippen molar-refractivity contribution in [3.05, 3.63) is 29.8 Å². The Morgan fingerprint density at radius 3 is 2.24 bits per heavy atom. The third-order valence-corrected chi connectivity index (χ3v) is 6.57. The Balaban J connectivity index is 0.000000945. The molecule has 1 aromatic carbocycles. The number of piperazine rings is 1. The summed E-state index contributed by atoms with van der Waals surface area (Å²) in [6, 6.07) is 6.41. The summed E-state index contributed by atoms with van der Waals surface area (Å²) in [5.74, 6) is 0.0889. The SMILES string of the molecule is CCC(CCC(=O)N1CCN(c2ccccc2C(F)(F)F)CC1)NC1CCOCC1.CCCC. The van der Waals surface area contributed by atoms with Crippen molar-refractivity contribution in [2.75, 3.05) is 44.3 Å². The zero-order valence-corrected chi connectivity index (χ0v) is 21.0. The molecule has 2 aliphatic heterocycles. The van der Waals surface area contributed by atoms with E-state index in [1.807, 2.05) is 0 Å². The van der Waals surface area contributed by atoms with Crippen LogP contribution in [0.2, 0.25) is 0 Å². The maximum Gasteiger partial charge on any atom is 0.418 e. The Kier molecular flexibility index (Phi) is 12.2. The van der Waals surface area contributed by atoms with E-state index >= 15 is 0 Å². The third-order valence-electron chi connectivity index (χ3n) is 6.57. The van der Waals surface area contributed by atoms with E-state index in [2.05, 4.69) is 26.1 Å². The molecule has 1 amide bonds. The van der Waals surface area contributed by atoms with E-state index in [1.54, 1.807) is 15.9 Å². The average Bonchev–Trinajstić information content (AvgIpc) is 2.86. The minimum absolute atomic E-state index is 0.0889. The number of alkyl halides is 3. The van der Waals surface area contributed by atoms with Gasteiger partial charge in [0.25, 0.3) is 0 Å². The number of nitrogens with one attached hydrogen (secondary N) is 1. The van der Waals surface area contributed by atoms with Crippen LogP contribution < -0.4 is 10.2 Å². The maximum atomic E-state index is 13.3. The molecule has 2 fully saturated rings. The Morgan fingerprint density at radius 1 is 1.06 bits per heavy atom. The van der Waals surface area contributed by atoms with Crippen LogP contribution in [0.3, 0.4) is 0 Å². The van der Waals surface area contributed by atoms with E-state index in [9.17, 15) is 18.0 Å². The molecule has 8 heteroatoms. The van der Waals surface area contributed by atoms with Crippen LogP contribution in [0.4, 0.5) is 18.9 Å². The Morgan fingerprint density at radius 2 is 1.68 bits per heavy atom. The van der Waals surface area contributed by atoms with Gasteiger partial charge in [-0.2, -0.15) is 13.2 Å². The standard InChI is InChI=1S/C22H32F3N3O2.C4H10/c1-2-17(26-18-9-15-30-16-10-18)7-8-21(29)28-13-11-27(12-14-28)20-6-4-3-5-19(20)22(23,24)25;1-3-4-2/h3-6,17-18,26H,2,7-16H2,1H3;3-4H2,1-2H3. The van der Waals surface area contributed by atoms with Gasteiger partial charge in [0.15, 0.2) is 0 Å². The molecule has 5 nitrogen and oxygen atoms in total. The lowest BCUT2D eigenvalue weighted by molar-refractivity contribution is -0.137. The predicted molar refractivity (Wildman–Crippen MR) is 131 cm³/mol. The van der Waals surface area contributed by atoms with Crippen molar-refractivity contribution in [3.63, 3.8) is 0 Å². The lowest BCUT2D eigenvalue weighted by Crippen LogP contribution is -2.49. The number of ether oxygens (including phenoxy) is 1. The predicted octanol–water partition coefficient (Wildman–Crippen LogP) is 5.49. The topological polar surface area (TPSA) is 44.8 Å². The molecule has 2 aliphatic rings. The zero-order valence-electron chi connectivity index (χ0n) is 21.0. The molecule has 1 unspecified atom stereocenters. The van der Waals surface area contributed by atoms with Gasteiger partial charge < -0.3 is 19.9 Å². The van der Waals surface area contributed by atoms with Gasteiger partial charge in [0.2, 0.25) is 5.91 Å². The van der Waals surface area contributed by atoms with Gasteiger partial charge in [-0.15, -0.1) is 0 Å². The number of unbranched alkanes of at least 4 members (excludes halogenated alkanes) is 1. The lowest BCUT2D eigenvalue weighted by Gasteiger charge is -2.37. The first-order valence-electron chi connectivity index (χ1n) is 12.8. The second-order valence-electron chi connectivity index (χ2n) is 9.08. The number of hydrogen-bond donors (Lipinski definition) is 1. The molecule has 194 valence electrons. The van der Waals surface area contributed by atoms with Crippen LogP contribution in [0, 0.1) is 0 Å². The first kappa shape index (κ1) is 28.4. The molecule has 0 saturated carbocycles. The molecule has 0 aromatic heterocycles. The molecule has 3 rings (SSSR count). The van der Waals surface area contributed by atoms with E-state index in [1.165, 1.54) is 25.0 Å². The van der Waals surface area contributed by atoms with Crippen molar-refractivity contribution >= 4 is 11.6 Å². The first-order chi connectivity index (χ1) is 16.3. The number of amides is 1. The smallest absolute Gasteiger partial charge is 0.381 e. The fourth-order valence-corrected chi connectivity index (χ4v) is 4.24. The molecule has 2 heterocycles. The second kappa shape index (κ2) is 14.6. The van der Waals surface area contributed by atoms with Crippen molar-refractivity contribution in [1.82, 2.24) is 10.2 Å². The van der Waals surface area contributed by atoms with Crippen molar-refractivity contribution in [1.29, 1.82) is 0 Å². The highest BCUT2D eigenvalue weighted by molar-refractivity contribution is 5.76. The lowest BCUT2D eigenvalue weighted by atomic mass is 10.0. The molecule has 0 spiro atoms. The Labute approximate surface area is 203 Å². The summed E-state index contributed by atoms with van der Waals surface area (Å²) in [6.07, 6.45) is 2.48. The quantitative estimate of drug-likeness (QED) is 0.529. The number of hydrogen-bond acceptors (Lipinski definition) is 4. The number of halogens is 3. The molecule has 1 aromatic rings. The van der Waals surface area contributed by atoms with Crippen LogP contribution >= 0.6 is 0 Å². The average molecular weight is 486 g/mol. The van der Waals surface area contributed by atoms with Crippen LogP contribution in [0.1, 0.15) is 71.3 Å². The molecule has 34 heavy (non-hydrogen) atoms. The van der Waals surface area contributed by atoms with E-state index in [4.69, 9.17) is 4.74 Å². The van der Waals surface area contributed by atoms with Crippen molar-refractivity contribution in [2.45, 2.75) is 84.0 Å². The molecule has 2 saturated heterocycles. The Bertz CT molecular complexity index is 713. The summed E-state index contributed by atoms with van der Waals surface area (Å²) in [5.41, 5.74) is -0.418. The first-order valence-corrected chi connectivity index (χ1v) is 12.8. The van der Waals surface area contributed by atoms with Crippen molar-refractivity contribution in [2.24, 2.45) is 0 Å². The number of rotatable bonds is 8. The summed E-state index contributed by atoms with van der Waals surface area (Å²) in [6.45, 7) is 9.79. The van der Waals surface area contributed by atoms with Gasteiger partial charge in [0.1, 0.15) is 0 Å². The summed E-state index contributed by atoms with van der Waals surface area (Å²) >= 11 is 0. The summed E-state index contributed by atoms with van der Waals surface area (Å²) in [7, 11) is 0. The van der Waals surface area contributed by atoms with Crippen LogP contribution in [-0.4, -0.2) is 62.3 Å². The molecule has 0 radical (unpaired) electrons. The van der Waals surface area contributed by atoms with E-state index < -0.39 is 11.7 Å². The molecule has 1 N–H and O–H groups in total. The Hall–Kier alpha value is -1.80. The van der Waals surface area contributed by atoms with Crippen LogP contribution in [0.25, 0.3) is 0 Å². The summed E-state index contributed by atoms with van der Waals surface area (Å²) < 4.78 is 45.2. The molecule has 0 bridgehead atoms. The van der Waals surface area contributed by atoms with Gasteiger partial charge in [-0.1, -0.05) is 45.7 Å². The van der Waals surface area contributed by atoms with E-state index in [0.29, 0.717) is 44.7 Å². The fraction of sp³-hybridized carbons (Fsp3) is 0.731. The maximum absolute atomic E-state index is 13.3. The number of para-hydroxylation sites is 1. The monoisotopic (exact) mass is 485 g/mol. The third kappa shape index (κ3) is 9.10. The summed E-state index contributed by atoms with van der Waals surface area (Å²) in [4.78, 5) is 16.2. The fourth-order valence-electron chi connectivity index (χ4n) is 4.24. The minimum atomic E-state index is -4.38. The second-order valence-corrected chi connectivity index (χ2v) is 9.08. The normalized spacial score (nSPS) is 18.3. The number of benzene rings is 1. The highest BCUT2D eigenvalue weighted by atomic mass is 19.4. The molecular formula is C26H42F3N3O2. The highest BCUT2D eigenvalue weighted by Crippen LogP contribution is 2.36. The molecule has 1 atom stereocenters. The van der Waals surface area contributed by atoms with Gasteiger partial charge >= 0.3 is 6.18 Å². The van der Waals surface area contributed by atoms with Crippen LogP contribution in [-0.2, 0) is 15.7 Å². The number of carbonyl (C=O) groups excluding carboxylic acids is 1. The molecular weight excluding hydrogens is 443 g/mol. The van der Waals surface area contributed by atoms with E-state index in [0.717, 1.165) is 45.0 Å². The van der Waals surface area contributed by atoms with Crippen molar-refractivity contribution in [3.8, 4) is 0 Å². The zero-order chi connectivity index (χ0) is 25.0. The van der Waals surface area contributed by atoms with Gasteiger partial charge in [-0.25, -0.2) is 0 Å². The van der Waals surface area contributed by atoms with Crippen LogP contribution in [0.15, 0.2) is 24.3 Å². The number of carbonyl (C=O) groups is 1. The molecule has 0 aliphatic carbocycles. The summed E-state index contributed by atoms with van der Waals surface area (Å²) in [5, 5.41) is 3.65. The minimum Gasteiger partial charge on any atom is -0.381 e.